The summed E-state index contributed by atoms with van der Waals surface area (Å²) in [5, 5.41) is 74.5. The first-order valence-corrected chi connectivity index (χ1v) is 17.1. The summed E-state index contributed by atoms with van der Waals surface area (Å²) in [7, 11) is 0. The zero-order valence-corrected chi connectivity index (χ0v) is 27.6. The SMILES string of the molecule is C[C@]1(CO)CC[C@]2(C(=O)O)CC[C@]3(C)C(=CC[C@@H]4[C@@]5(C)C[C@@H](O)[C@@H](O[C@@H]6OC[C@@H](O)[C@H](O)[C@H]6O)[C@@](C)(CO)[C@@H]5CC[C@]43C)[C@@H]2C1. The van der Waals surface area contributed by atoms with Gasteiger partial charge in [-0.05, 0) is 97.2 Å². The Kier molecular flexibility index (Phi) is 8.22. The van der Waals surface area contributed by atoms with Gasteiger partial charge in [-0.1, -0.05) is 46.3 Å². The van der Waals surface area contributed by atoms with E-state index in [-0.39, 0.29) is 59.2 Å². The lowest BCUT2D eigenvalue weighted by Gasteiger charge is -2.71. The Bertz CT molecular complexity index is 1210. The van der Waals surface area contributed by atoms with Gasteiger partial charge in [0.05, 0.1) is 30.8 Å². The van der Waals surface area contributed by atoms with Crippen LogP contribution in [0.1, 0.15) is 92.4 Å². The highest BCUT2D eigenvalue weighted by molar-refractivity contribution is 5.76. The highest BCUT2D eigenvalue weighted by Crippen LogP contribution is 2.76. The number of carboxylic acids is 1. The van der Waals surface area contributed by atoms with Crippen LogP contribution < -0.4 is 0 Å². The van der Waals surface area contributed by atoms with Gasteiger partial charge < -0.3 is 45.2 Å². The summed E-state index contributed by atoms with van der Waals surface area (Å²) in [5.41, 5.74) is -1.52. The fourth-order valence-corrected chi connectivity index (χ4v) is 12.1. The van der Waals surface area contributed by atoms with Gasteiger partial charge in [-0.3, -0.25) is 4.79 Å². The molecule has 0 amide bonds. The molecule has 0 aromatic carbocycles. The lowest BCUT2D eigenvalue weighted by molar-refractivity contribution is -0.328. The summed E-state index contributed by atoms with van der Waals surface area (Å²) in [6, 6.07) is 0. The van der Waals surface area contributed by atoms with Crippen LogP contribution >= 0.6 is 0 Å². The minimum Gasteiger partial charge on any atom is -0.481 e. The fraction of sp³-hybridized carbons (Fsp3) is 0.914. The molecule has 0 unspecified atom stereocenters. The molecule has 7 N–H and O–H groups in total. The summed E-state index contributed by atoms with van der Waals surface area (Å²) in [5.74, 6) is -0.702. The summed E-state index contributed by atoms with van der Waals surface area (Å²) in [6.45, 7) is 10.6. The van der Waals surface area contributed by atoms with Crippen LogP contribution in [-0.2, 0) is 14.3 Å². The summed E-state index contributed by atoms with van der Waals surface area (Å²) < 4.78 is 11.8. The highest BCUT2D eigenvalue weighted by atomic mass is 16.7. The number of allylic oxidation sites excluding steroid dienone is 2. The number of hydrogen-bond donors (Lipinski definition) is 7. The number of aliphatic hydroxyl groups excluding tert-OH is 6. The van der Waals surface area contributed by atoms with Crippen LogP contribution in [0.15, 0.2) is 11.6 Å². The molecule has 256 valence electrons. The van der Waals surface area contributed by atoms with Gasteiger partial charge in [0.1, 0.15) is 18.3 Å². The van der Waals surface area contributed by atoms with Gasteiger partial charge in [-0.2, -0.15) is 0 Å². The molecule has 5 fully saturated rings. The van der Waals surface area contributed by atoms with Crippen molar-refractivity contribution in [2.24, 2.45) is 50.2 Å². The Balaban J connectivity index is 1.35. The molecular weight excluding hydrogens is 580 g/mol. The summed E-state index contributed by atoms with van der Waals surface area (Å²) in [6.07, 6.45) is 1.26. The molecule has 4 saturated carbocycles. The average Bonchev–Trinajstić information content (AvgIpc) is 2.99. The second kappa shape index (κ2) is 11.0. The van der Waals surface area contributed by atoms with Crippen LogP contribution in [0.3, 0.4) is 0 Å². The van der Waals surface area contributed by atoms with E-state index in [4.69, 9.17) is 9.47 Å². The molecule has 0 bridgehead atoms. The van der Waals surface area contributed by atoms with Crippen molar-refractivity contribution in [3.8, 4) is 0 Å². The van der Waals surface area contributed by atoms with Gasteiger partial charge >= 0.3 is 5.97 Å². The second-order valence-electron chi connectivity index (χ2n) is 17.2. The molecule has 0 aromatic heterocycles. The third kappa shape index (κ3) is 4.52. The zero-order chi connectivity index (χ0) is 33.0. The number of fused-ring (bicyclic) bond motifs is 7. The fourth-order valence-electron chi connectivity index (χ4n) is 12.1. The van der Waals surface area contributed by atoms with E-state index in [1.807, 2.05) is 6.92 Å². The Labute approximate surface area is 266 Å². The molecule has 15 atom stereocenters. The third-order valence-corrected chi connectivity index (χ3v) is 15.1. The van der Waals surface area contributed by atoms with Crippen molar-refractivity contribution in [2.75, 3.05) is 19.8 Å². The molecule has 0 radical (unpaired) electrons. The number of rotatable bonds is 5. The van der Waals surface area contributed by atoms with Crippen LogP contribution in [0.4, 0.5) is 0 Å². The van der Waals surface area contributed by atoms with E-state index in [1.165, 1.54) is 5.57 Å². The predicted octanol–water partition coefficient (Wildman–Crippen LogP) is 2.61. The van der Waals surface area contributed by atoms with E-state index >= 15 is 0 Å². The van der Waals surface area contributed by atoms with E-state index in [9.17, 15) is 40.5 Å². The average molecular weight is 637 g/mol. The van der Waals surface area contributed by atoms with E-state index in [0.717, 1.165) is 25.7 Å². The van der Waals surface area contributed by atoms with Crippen molar-refractivity contribution in [2.45, 2.75) is 129 Å². The molecule has 10 nitrogen and oxygen atoms in total. The number of ether oxygens (including phenoxy) is 2. The minimum atomic E-state index is -1.49. The van der Waals surface area contributed by atoms with E-state index in [1.54, 1.807) is 0 Å². The smallest absolute Gasteiger partial charge is 0.310 e. The topological polar surface area (TPSA) is 177 Å². The quantitative estimate of drug-likeness (QED) is 0.175. The molecular formula is C35H56O10. The van der Waals surface area contributed by atoms with E-state index < -0.39 is 53.6 Å². The summed E-state index contributed by atoms with van der Waals surface area (Å²) >= 11 is 0. The molecule has 5 aliphatic carbocycles. The maximum atomic E-state index is 13.0. The molecule has 1 heterocycles. The Hall–Kier alpha value is -1.11. The molecule has 1 saturated heterocycles. The predicted molar refractivity (Wildman–Crippen MR) is 164 cm³/mol. The number of carboxylic acid groups (broad SMARTS) is 1. The Morgan fingerprint density at radius 2 is 1.58 bits per heavy atom. The number of aliphatic hydroxyl groups is 6. The Morgan fingerprint density at radius 3 is 2.22 bits per heavy atom. The van der Waals surface area contributed by atoms with E-state index in [0.29, 0.717) is 32.1 Å². The third-order valence-electron chi connectivity index (χ3n) is 15.1. The molecule has 0 spiro atoms. The number of carbonyl (C=O) groups is 1. The largest absolute Gasteiger partial charge is 0.481 e. The Morgan fingerprint density at radius 1 is 0.889 bits per heavy atom. The number of hydrogen-bond acceptors (Lipinski definition) is 9. The lowest BCUT2D eigenvalue weighted by atomic mass is 9.33. The first-order chi connectivity index (χ1) is 21.0. The molecule has 0 aromatic rings. The molecule has 6 aliphatic rings. The van der Waals surface area contributed by atoms with Crippen LogP contribution in [0.25, 0.3) is 0 Å². The van der Waals surface area contributed by atoms with Crippen molar-refractivity contribution >= 4 is 5.97 Å². The maximum absolute atomic E-state index is 13.0. The van der Waals surface area contributed by atoms with Gasteiger partial charge in [0.15, 0.2) is 6.29 Å². The minimum absolute atomic E-state index is 0.0228. The van der Waals surface area contributed by atoms with Crippen LogP contribution in [0.5, 0.6) is 0 Å². The van der Waals surface area contributed by atoms with Gasteiger partial charge in [0, 0.05) is 12.0 Å². The lowest BCUT2D eigenvalue weighted by Crippen LogP contribution is -2.69. The van der Waals surface area contributed by atoms with Gasteiger partial charge in [0.25, 0.3) is 0 Å². The highest BCUT2D eigenvalue weighted by Gasteiger charge is 2.71. The van der Waals surface area contributed by atoms with Gasteiger partial charge in [-0.25, -0.2) is 0 Å². The van der Waals surface area contributed by atoms with Crippen LogP contribution in [-0.4, -0.2) is 98.3 Å². The summed E-state index contributed by atoms with van der Waals surface area (Å²) in [4.78, 5) is 13.0. The van der Waals surface area contributed by atoms with Gasteiger partial charge in [-0.15, -0.1) is 0 Å². The monoisotopic (exact) mass is 636 g/mol. The first kappa shape index (κ1) is 33.8. The first-order valence-electron chi connectivity index (χ1n) is 17.1. The molecule has 6 rings (SSSR count). The second-order valence-corrected chi connectivity index (χ2v) is 17.2. The van der Waals surface area contributed by atoms with Crippen molar-refractivity contribution < 1.29 is 50.0 Å². The number of aliphatic carboxylic acids is 1. The molecule has 1 aliphatic heterocycles. The standard InChI is InChI=1S/C35H56O10/c1-30(17-36)10-12-35(29(42)43)13-11-33(4)19(20(35)14-30)6-7-24-31(2)15-21(38)27(45-28-26(41)25(40)22(39)16-44-28)32(3,18-37)23(31)8-9-34(24,33)5/h6,20-28,36-41H,7-18H2,1-5H3,(H,42,43)/t20-,21+,22+,23+,24+,25-,26+,27+,28-,30-,31-,32-,33+,34+,35-/m0/s1. The van der Waals surface area contributed by atoms with Gasteiger partial charge in [0.2, 0.25) is 0 Å². The van der Waals surface area contributed by atoms with E-state index in [2.05, 4.69) is 33.8 Å². The van der Waals surface area contributed by atoms with Crippen LogP contribution in [0.2, 0.25) is 0 Å². The van der Waals surface area contributed by atoms with Crippen molar-refractivity contribution in [3.05, 3.63) is 11.6 Å². The molecule has 45 heavy (non-hydrogen) atoms. The van der Waals surface area contributed by atoms with Crippen molar-refractivity contribution in [1.29, 1.82) is 0 Å². The zero-order valence-electron chi connectivity index (χ0n) is 27.6. The maximum Gasteiger partial charge on any atom is 0.310 e. The molecule has 10 heteroatoms. The van der Waals surface area contributed by atoms with Crippen molar-refractivity contribution in [1.82, 2.24) is 0 Å². The normalized spacial score (nSPS) is 56.2. The van der Waals surface area contributed by atoms with Crippen molar-refractivity contribution in [3.63, 3.8) is 0 Å². The van der Waals surface area contributed by atoms with Crippen LogP contribution in [0, 0.1) is 50.2 Å².